The highest BCUT2D eigenvalue weighted by Gasteiger charge is 2.26. The zero-order valence-corrected chi connectivity index (χ0v) is 67.4. The number of nitrogens with one attached hydrogen (secondary N) is 1. The summed E-state index contributed by atoms with van der Waals surface area (Å²) in [6, 6.07) is 36.9. The van der Waals surface area contributed by atoms with Crippen LogP contribution in [0.3, 0.4) is 0 Å². The summed E-state index contributed by atoms with van der Waals surface area (Å²) in [6.45, 7) is 71.7. The Hall–Kier alpha value is -4.70. The third kappa shape index (κ3) is 34.5. The van der Waals surface area contributed by atoms with Crippen LogP contribution in [0.25, 0.3) is 0 Å². The van der Waals surface area contributed by atoms with Crippen molar-refractivity contribution in [1.29, 1.82) is 0 Å². The summed E-state index contributed by atoms with van der Waals surface area (Å²) in [7, 11) is 0. The predicted octanol–water partition coefficient (Wildman–Crippen LogP) is 29.5. The Morgan fingerprint density at radius 1 is 0.298 bits per heavy atom. The zero-order chi connectivity index (χ0) is 71.7. The van der Waals surface area contributed by atoms with Crippen molar-refractivity contribution >= 4 is 0 Å². The molecular weight excluding hydrogens is 1140 g/mol. The van der Waals surface area contributed by atoms with Gasteiger partial charge in [0.05, 0.1) is 0 Å². The van der Waals surface area contributed by atoms with Crippen LogP contribution >= 0.6 is 0 Å². The molecule has 0 bridgehead atoms. The highest BCUT2D eigenvalue weighted by molar-refractivity contribution is 5.28. The molecule has 2 aliphatic carbocycles. The largest absolute Gasteiger partial charge is 0.466 e. The Labute approximate surface area is 584 Å². The van der Waals surface area contributed by atoms with Crippen molar-refractivity contribution in [2.45, 2.75) is 344 Å². The number of hydrogen-bond donors (Lipinski definition) is 1. The lowest BCUT2D eigenvalue weighted by atomic mass is 9.72. The van der Waals surface area contributed by atoms with Gasteiger partial charge in [-0.1, -0.05) is 301 Å². The summed E-state index contributed by atoms with van der Waals surface area (Å²) >= 11 is 0. The summed E-state index contributed by atoms with van der Waals surface area (Å²) in [5.74, 6) is 16.9. The van der Waals surface area contributed by atoms with Gasteiger partial charge in [-0.05, 0) is 209 Å². The van der Waals surface area contributed by atoms with Gasteiger partial charge in [0, 0.05) is 46.5 Å². The Kier molecular flexibility index (Phi) is 42.5. The highest BCUT2D eigenvalue weighted by Crippen LogP contribution is 2.38. The fraction of sp³-hybridized carbons (Fsp3) is 0.667. The normalized spacial score (nSPS) is 16.4. The number of hydrogen-bond acceptors (Lipinski definition) is 3. The monoisotopic (exact) mass is 1290 g/mol. The van der Waals surface area contributed by atoms with Crippen LogP contribution in [-0.4, -0.2) is 15.0 Å². The van der Waals surface area contributed by atoms with Crippen LogP contribution in [0.1, 0.15) is 412 Å². The summed E-state index contributed by atoms with van der Waals surface area (Å²) in [5, 5.41) is 0. The molecule has 2 fully saturated rings. The van der Waals surface area contributed by atoms with Crippen molar-refractivity contribution in [3.63, 3.8) is 0 Å². The maximum Gasteiger partial charge on any atom is 0.106 e. The summed E-state index contributed by atoms with van der Waals surface area (Å²) in [4.78, 5) is 12.4. The van der Waals surface area contributed by atoms with E-state index in [1.54, 1.807) is 0 Å². The van der Waals surface area contributed by atoms with Crippen LogP contribution in [0.15, 0.2) is 114 Å². The maximum atomic E-state index is 5.61. The van der Waals surface area contributed by atoms with Crippen molar-refractivity contribution in [2.24, 2.45) is 47.3 Å². The van der Waals surface area contributed by atoms with E-state index in [1.807, 2.05) is 6.20 Å². The van der Waals surface area contributed by atoms with E-state index in [1.165, 1.54) is 108 Å². The number of rotatable bonds is 16. The molecule has 6 aromatic rings. The Morgan fingerprint density at radius 2 is 0.628 bits per heavy atom. The zero-order valence-electron chi connectivity index (χ0n) is 67.4. The third-order valence-corrected chi connectivity index (χ3v) is 19.7. The van der Waals surface area contributed by atoms with Crippen molar-refractivity contribution in [1.82, 2.24) is 15.0 Å². The molecule has 0 aliphatic heterocycles. The number of benzene rings is 2. The lowest BCUT2D eigenvalue weighted by Gasteiger charge is -2.33. The first-order valence-corrected chi connectivity index (χ1v) is 38.3. The van der Waals surface area contributed by atoms with E-state index in [0.717, 1.165) is 58.9 Å². The lowest BCUT2D eigenvalue weighted by molar-refractivity contribution is 0.177. The molecule has 2 saturated carbocycles. The molecule has 2 unspecified atom stereocenters. The van der Waals surface area contributed by atoms with Gasteiger partial charge in [-0.2, -0.15) is 0 Å². The molecule has 8 rings (SSSR count). The minimum absolute atomic E-state index is 0.502. The molecule has 0 radical (unpaired) electrons. The van der Waals surface area contributed by atoms with E-state index in [-0.39, 0.29) is 0 Å². The quantitative estimate of drug-likeness (QED) is 0.105. The molecule has 94 heavy (non-hydrogen) atoms. The topological polar surface area (TPSA) is 54.7 Å². The molecule has 2 atom stereocenters. The van der Waals surface area contributed by atoms with Crippen molar-refractivity contribution in [3.8, 4) is 0 Å². The maximum absolute atomic E-state index is 5.61. The first-order valence-electron chi connectivity index (χ1n) is 38.3. The van der Waals surface area contributed by atoms with Crippen LogP contribution in [0, 0.1) is 47.3 Å². The number of H-pyrrole nitrogens is 1. The van der Waals surface area contributed by atoms with Gasteiger partial charge in [0.25, 0.3) is 0 Å². The van der Waals surface area contributed by atoms with E-state index in [4.69, 9.17) is 4.42 Å². The molecule has 1 N–H and O–H groups in total. The number of furan rings is 1. The summed E-state index contributed by atoms with van der Waals surface area (Å²) in [5.41, 5.74) is 13.3. The van der Waals surface area contributed by atoms with Crippen molar-refractivity contribution in [2.75, 3.05) is 0 Å². The molecule has 0 amide bonds. The molecular formula is C90H151N3O. The fourth-order valence-corrected chi connectivity index (χ4v) is 11.8. The number of pyridine rings is 2. The molecule has 4 aromatic heterocycles. The second-order valence-corrected chi connectivity index (χ2v) is 33.1. The van der Waals surface area contributed by atoms with Crippen LogP contribution in [-0.2, 0) is 0 Å². The Balaban J connectivity index is 0.000000537. The van der Waals surface area contributed by atoms with E-state index in [0.29, 0.717) is 71.0 Å². The Morgan fingerprint density at radius 3 is 0.883 bits per heavy atom. The number of nitrogens with zero attached hydrogens (tertiary/aromatic N) is 2. The van der Waals surface area contributed by atoms with Gasteiger partial charge < -0.3 is 9.40 Å². The number of aromatic amines is 1. The fourth-order valence-electron chi connectivity index (χ4n) is 11.8. The third-order valence-electron chi connectivity index (χ3n) is 19.7. The number of aromatic nitrogens is 3. The van der Waals surface area contributed by atoms with E-state index < -0.39 is 0 Å². The molecule has 4 heterocycles. The molecule has 2 aliphatic rings. The standard InChI is InChI=1S/C12H24.C12H18.C12H24.C12H18.2C11H17N.C10H17N.C10H16O/c2*1-9(2)11-5-7-12(8-6-11)10(3)4;2*1-9(2)11-6-5-7-12(8-11)10(3)4;1-8(2)10-5-6-11(9(3)4)12-7-10;1-8(2)10-6-5-7-11(12-10)9(3)4;2*1-7(2)9-5-6-10(11-9)8(3)4/h9-12H,5-8H2,1-4H3;5-10H,1-4H3;9-12H,5-8H2,1-4H3;5-10H,1-4H3;2*5-9H,1-4H3;5-8,11H,1-4H3;5-8H,1-4H3. The van der Waals surface area contributed by atoms with E-state index in [2.05, 4.69) is 340 Å². The Bertz CT molecular complexity index is 2460. The average Bonchev–Trinajstić information content (AvgIpc) is 1.42. The summed E-state index contributed by atoms with van der Waals surface area (Å²) < 4.78 is 5.61. The molecule has 0 saturated heterocycles. The van der Waals surface area contributed by atoms with Crippen LogP contribution < -0.4 is 0 Å². The molecule has 4 nitrogen and oxygen atoms in total. The van der Waals surface area contributed by atoms with Crippen LogP contribution in [0.5, 0.6) is 0 Å². The SMILES string of the molecule is CC(C)C1CCC(C(C)C)CC1.CC(C)C1CCCC(C(C)C)C1.CC(C)c1ccc(C(C)C)[nH]1.CC(C)c1ccc(C(C)C)cc1.CC(C)c1ccc(C(C)C)nc1.CC(C)c1ccc(C(C)C)o1.CC(C)c1cccc(C(C)C)c1.CC(C)c1cccc(C(C)C)n1. The van der Waals surface area contributed by atoms with Gasteiger partial charge in [-0.25, -0.2) is 0 Å². The van der Waals surface area contributed by atoms with Gasteiger partial charge >= 0.3 is 0 Å². The summed E-state index contributed by atoms with van der Waals surface area (Å²) in [6.07, 6.45) is 13.9. The van der Waals surface area contributed by atoms with Crippen molar-refractivity contribution in [3.05, 3.63) is 177 Å². The van der Waals surface area contributed by atoms with Crippen molar-refractivity contribution < 1.29 is 4.42 Å². The van der Waals surface area contributed by atoms with Gasteiger partial charge in [-0.3, -0.25) is 9.97 Å². The van der Waals surface area contributed by atoms with Crippen LogP contribution in [0.4, 0.5) is 0 Å². The van der Waals surface area contributed by atoms with Gasteiger partial charge in [-0.15, -0.1) is 0 Å². The average molecular weight is 1290 g/mol. The highest BCUT2D eigenvalue weighted by atomic mass is 16.3. The second-order valence-electron chi connectivity index (χ2n) is 33.1. The lowest BCUT2D eigenvalue weighted by Crippen LogP contribution is -2.22. The minimum Gasteiger partial charge on any atom is -0.466 e. The van der Waals surface area contributed by atoms with Gasteiger partial charge in [0.1, 0.15) is 11.5 Å². The van der Waals surface area contributed by atoms with Crippen LogP contribution in [0.2, 0.25) is 0 Å². The van der Waals surface area contributed by atoms with Gasteiger partial charge in [0.15, 0.2) is 0 Å². The van der Waals surface area contributed by atoms with Gasteiger partial charge in [0.2, 0.25) is 0 Å². The first-order chi connectivity index (χ1) is 43.9. The molecule has 0 spiro atoms. The first kappa shape index (κ1) is 87.3. The van der Waals surface area contributed by atoms with E-state index >= 15 is 0 Å². The second kappa shape index (κ2) is 45.7. The minimum atomic E-state index is 0.502. The molecule has 4 heteroatoms. The molecule has 532 valence electrons. The van der Waals surface area contributed by atoms with E-state index in [9.17, 15) is 0 Å². The smallest absolute Gasteiger partial charge is 0.106 e. The predicted molar refractivity (Wildman–Crippen MR) is 420 cm³/mol. The molecule has 2 aromatic carbocycles.